The summed E-state index contributed by atoms with van der Waals surface area (Å²) in [6.45, 7) is 0.219. The van der Waals surface area contributed by atoms with E-state index in [9.17, 15) is 9.59 Å². The molecule has 0 aliphatic heterocycles. The van der Waals surface area contributed by atoms with E-state index in [1.54, 1.807) is 11.8 Å². The van der Waals surface area contributed by atoms with Crippen molar-refractivity contribution in [3.8, 4) is 11.1 Å². The van der Waals surface area contributed by atoms with Gasteiger partial charge < -0.3 is 14.8 Å². The summed E-state index contributed by atoms with van der Waals surface area (Å²) in [6, 6.07) is 15.6. The van der Waals surface area contributed by atoms with Gasteiger partial charge in [0.2, 0.25) is 0 Å². The third-order valence-corrected chi connectivity index (χ3v) is 5.38. The number of methoxy groups -OCH3 is 1. The van der Waals surface area contributed by atoms with Crippen LogP contribution in [0.25, 0.3) is 11.1 Å². The molecule has 0 saturated carbocycles. The predicted molar refractivity (Wildman–Crippen MR) is 107 cm³/mol. The van der Waals surface area contributed by atoms with Gasteiger partial charge in [-0.1, -0.05) is 48.5 Å². The highest BCUT2D eigenvalue weighted by Crippen LogP contribution is 2.44. The third kappa shape index (κ3) is 4.27. The summed E-state index contributed by atoms with van der Waals surface area (Å²) < 4.78 is 10.2. The fourth-order valence-corrected chi connectivity index (χ4v) is 3.88. The first-order valence-corrected chi connectivity index (χ1v) is 10.2. The fourth-order valence-electron chi connectivity index (χ4n) is 3.41. The fraction of sp³-hybridized carbons (Fsp3) is 0.333. The lowest BCUT2D eigenvalue weighted by Gasteiger charge is -2.18. The number of ether oxygens (including phenoxy) is 2. The third-order valence-electron chi connectivity index (χ3n) is 4.73. The zero-order valence-corrected chi connectivity index (χ0v) is 16.3. The molecule has 6 heteroatoms. The molecule has 0 aromatic heterocycles. The molecule has 5 nitrogen and oxygen atoms in total. The summed E-state index contributed by atoms with van der Waals surface area (Å²) in [5, 5.41) is 2.63. The predicted octanol–water partition coefficient (Wildman–Crippen LogP) is 3.82. The van der Waals surface area contributed by atoms with Crippen LogP contribution in [0.5, 0.6) is 0 Å². The van der Waals surface area contributed by atoms with Crippen LogP contribution in [-0.2, 0) is 14.3 Å². The second-order valence-electron chi connectivity index (χ2n) is 6.33. The molecule has 1 atom stereocenters. The van der Waals surface area contributed by atoms with E-state index in [0.29, 0.717) is 6.42 Å². The summed E-state index contributed by atoms with van der Waals surface area (Å²) in [5.41, 5.74) is 4.65. The molecule has 0 fully saturated rings. The molecule has 1 aliphatic rings. The largest absolute Gasteiger partial charge is 0.467 e. The van der Waals surface area contributed by atoms with E-state index < -0.39 is 18.1 Å². The minimum Gasteiger partial charge on any atom is -0.467 e. The normalized spacial score (nSPS) is 13.4. The van der Waals surface area contributed by atoms with Crippen LogP contribution in [-0.4, -0.2) is 43.8 Å². The van der Waals surface area contributed by atoms with E-state index in [2.05, 4.69) is 29.6 Å². The number of fused-ring (bicyclic) bond motifs is 3. The minimum absolute atomic E-state index is 0.00840. The number of carbonyl (C=O) groups is 2. The second-order valence-corrected chi connectivity index (χ2v) is 7.31. The molecule has 3 rings (SSSR count). The number of alkyl carbamates (subject to hydrolysis) is 1. The SMILES string of the molecule is COC(=O)[C@H](CCSC)NC(=O)OCC1c2ccccc2-c2ccccc21. The smallest absolute Gasteiger partial charge is 0.407 e. The van der Waals surface area contributed by atoms with Crippen LogP contribution in [0.3, 0.4) is 0 Å². The van der Waals surface area contributed by atoms with Crippen LogP contribution >= 0.6 is 11.8 Å². The van der Waals surface area contributed by atoms with Crippen LogP contribution in [0.15, 0.2) is 48.5 Å². The van der Waals surface area contributed by atoms with E-state index in [1.165, 1.54) is 18.2 Å². The Labute approximate surface area is 163 Å². The van der Waals surface area contributed by atoms with Gasteiger partial charge in [-0.15, -0.1) is 0 Å². The molecule has 1 amide bonds. The molecule has 1 aliphatic carbocycles. The van der Waals surface area contributed by atoms with Crippen LogP contribution in [0.1, 0.15) is 23.5 Å². The summed E-state index contributed by atoms with van der Waals surface area (Å²) in [4.78, 5) is 24.1. The number of rotatable bonds is 7. The van der Waals surface area contributed by atoms with E-state index in [1.807, 2.05) is 30.5 Å². The number of esters is 1. The van der Waals surface area contributed by atoms with Crippen LogP contribution in [0, 0.1) is 0 Å². The molecule has 0 unspecified atom stereocenters. The van der Waals surface area contributed by atoms with E-state index in [-0.39, 0.29) is 12.5 Å². The Morgan fingerprint density at radius 3 is 2.22 bits per heavy atom. The maximum atomic E-state index is 12.3. The lowest BCUT2D eigenvalue weighted by molar-refractivity contribution is -0.143. The highest BCUT2D eigenvalue weighted by Gasteiger charge is 2.29. The lowest BCUT2D eigenvalue weighted by atomic mass is 9.98. The summed E-state index contributed by atoms with van der Waals surface area (Å²) in [7, 11) is 1.31. The van der Waals surface area contributed by atoms with Gasteiger partial charge in [0.25, 0.3) is 0 Å². The monoisotopic (exact) mass is 385 g/mol. The van der Waals surface area contributed by atoms with Crippen molar-refractivity contribution in [3.63, 3.8) is 0 Å². The van der Waals surface area contributed by atoms with Gasteiger partial charge in [-0.25, -0.2) is 9.59 Å². The van der Waals surface area contributed by atoms with E-state index >= 15 is 0 Å². The molecule has 0 radical (unpaired) electrons. The zero-order valence-electron chi connectivity index (χ0n) is 15.4. The number of benzene rings is 2. The topological polar surface area (TPSA) is 64.6 Å². The summed E-state index contributed by atoms with van der Waals surface area (Å²) in [6.07, 6.45) is 1.84. The number of hydrogen-bond acceptors (Lipinski definition) is 5. The molecular weight excluding hydrogens is 362 g/mol. The summed E-state index contributed by atoms with van der Waals surface area (Å²) >= 11 is 1.60. The highest BCUT2D eigenvalue weighted by molar-refractivity contribution is 7.98. The Morgan fingerprint density at radius 2 is 1.67 bits per heavy atom. The number of hydrogen-bond donors (Lipinski definition) is 1. The van der Waals surface area contributed by atoms with Gasteiger partial charge in [-0.05, 0) is 40.7 Å². The second kappa shape index (κ2) is 8.95. The van der Waals surface area contributed by atoms with Crippen molar-refractivity contribution >= 4 is 23.8 Å². The van der Waals surface area contributed by atoms with Crippen molar-refractivity contribution in [2.75, 3.05) is 25.7 Å². The van der Waals surface area contributed by atoms with Gasteiger partial charge in [0.1, 0.15) is 12.6 Å². The number of amides is 1. The standard InChI is InChI=1S/C21H23NO4S/c1-25-20(23)19(11-12-27-2)22-21(24)26-13-18-16-9-5-3-7-14(16)15-8-4-6-10-17(15)18/h3-10,18-19H,11-13H2,1-2H3,(H,22,24)/t19-/m0/s1. The molecule has 0 bridgehead atoms. The van der Waals surface area contributed by atoms with Gasteiger partial charge in [0.15, 0.2) is 0 Å². The number of nitrogens with one attached hydrogen (secondary N) is 1. The molecular formula is C21H23NO4S. The molecule has 2 aromatic rings. The molecule has 1 N–H and O–H groups in total. The molecule has 142 valence electrons. The maximum Gasteiger partial charge on any atom is 0.407 e. The number of carbonyl (C=O) groups excluding carboxylic acids is 2. The van der Waals surface area contributed by atoms with Gasteiger partial charge in [0.05, 0.1) is 7.11 Å². The minimum atomic E-state index is -0.696. The van der Waals surface area contributed by atoms with Crippen molar-refractivity contribution in [2.24, 2.45) is 0 Å². The Hall–Kier alpha value is -2.47. The van der Waals surface area contributed by atoms with Crippen LogP contribution in [0.4, 0.5) is 4.79 Å². The maximum absolute atomic E-state index is 12.3. The molecule has 0 heterocycles. The van der Waals surface area contributed by atoms with Crippen molar-refractivity contribution < 1.29 is 19.1 Å². The van der Waals surface area contributed by atoms with Gasteiger partial charge in [-0.3, -0.25) is 0 Å². The van der Waals surface area contributed by atoms with Gasteiger partial charge >= 0.3 is 12.1 Å². The van der Waals surface area contributed by atoms with Gasteiger partial charge in [-0.2, -0.15) is 11.8 Å². The van der Waals surface area contributed by atoms with Crippen LogP contribution < -0.4 is 5.32 Å². The van der Waals surface area contributed by atoms with Crippen molar-refractivity contribution in [2.45, 2.75) is 18.4 Å². The Balaban J connectivity index is 1.67. The van der Waals surface area contributed by atoms with Crippen molar-refractivity contribution in [3.05, 3.63) is 59.7 Å². The zero-order chi connectivity index (χ0) is 19.2. The van der Waals surface area contributed by atoms with Gasteiger partial charge in [0, 0.05) is 5.92 Å². The van der Waals surface area contributed by atoms with Crippen molar-refractivity contribution in [1.29, 1.82) is 0 Å². The van der Waals surface area contributed by atoms with Crippen LogP contribution in [0.2, 0.25) is 0 Å². The lowest BCUT2D eigenvalue weighted by Crippen LogP contribution is -2.42. The number of thioether (sulfide) groups is 1. The average Bonchev–Trinajstić information content (AvgIpc) is 3.03. The average molecular weight is 385 g/mol. The first-order valence-electron chi connectivity index (χ1n) is 8.84. The first kappa shape index (κ1) is 19.3. The first-order chi connectivity index (χ1) is 13.2. The molecule has 27 heavy (non-hydrogen) atoms. The quantitative estimate of drug-likeness (QED) is 0.734. The van der Waals surface area contributed by atoms with E-state index in [0.717, 1.165) is 16.9 Å². The summed E-state index contributed by atoms with van der Waals surface area (Å²) in [5.74, 6) is 0.271. The van der Waals surface area contributed by atoms with Crippen molar-refractivity contribution in [1.82, 2.24) is 5.32 Å². The molecule has 0 saturated heterocycles. The highest BCUT2D eigenvalue weighted by atomic mass is 32.2. The Bertz CT molecular complexity index is 778. The van der Waals surface area contributed by atoms with E-state index in [4.69, 9.17) is 9.47 Å². The Kier molecular flexibility index (Phi) is 6.40. The molecule has 0 spiro atoms. The Morgan fingerprint density at radius 1 is 1.07 bits per heavy atom. The molecule has 2 aromatic carbocycles.